The molecule has 2 aliphatic rings. The lowest BCUT2D eigenvalue weighted by molar-refractivity contribution is -0.147. The zero-order valence-corrected chi connectivity index (χ0v) is 16.4. The molecule has 2 N–H and O–H groups in total. The zero-order valence-electron chi connectivity index (χ0n) is 16.4. The molecule has 1 aromatic carbocycles. The summed E-state index contributed by atoms with van der Waals surface area (Å²) in [5.74, 6) is 0.109. The summed E-state index contributed by atoms with van der Waals surface area (Å²) in [5.41, 5.74) is 0.324. The number of likely N-dealkylation sites (N-methyl/N-ethyl adjacent to an activating group) is 1. The van der Waals surface area contributed by atoms with Crippen molar-refractivity contribution in [3.8, 4) is 0 Å². The molecule has 2 heterocycles. The number of aliphatic hydroxyl groups excluding tert-OH is 1. The molecule has 3 rings (SSSR count). The first-order valence-electron chi connectivity index (χ1n) is 10.0. The largest absolute Gasteiger partial charge is 0.391 e. The molecule has 0 aliphatic carbocycles. The van der Waals surface area contributed by atoms with Crippen molar-refractivity contribution in [1.82, 2.24) is 15.1 Å². The summed E-state index contributed by atoms with van der Waals surface area (Å²) in [7, 11) is 0. The summed E-state index contributed by atoms with van der Waals surface area (Å²) >= 11 is 0. The number of carbonyl (C=O) groups is 2. The topological polar surface area (TPSA) is 72.9 Å². The minimum absolute atomic E-state index is 0.00152. The molecule has 27 heavy (non-hydrogen) atoms. The van der Waals surface area contributed by atoms with Crippen LogP contribution in [-0.2, 0) is 9.59 Å². The maximum atomic E-state index is 13.0. The first-order valence-corrected chi connectivity index (χ1v) is 10.0. The van der Waals surface area contributed by atoms with Crippen LogP contribution in [0.5, 0.6) is 0 Å². The van der Waals surface area contributed by atoms with Crippen LogP contribution in [0, 0.1) is 5.41 Å². The number of nitrogens with one attached hydrogen (secondary N) is 1. The summed E-state index contributed by atoms with van der Waals surface area (Å²) in [6.45, 7) is 7.06. The van der Waals surface area contributed by atoms with Gasteiger partial charge in [0.1, 0.15) is 0 Å². The van der Waals surface area contributed by atoms with Crippen molar-refractivity contribution in [2.75, 3.05) is 32.7 Å². The molecule has 0 bridgehead atoms. The summed E-state index contributed by atoms with van der Waals surface area (Å²) in [6, 6.07) is 9.26. The first-order chi connectivity index (χ1) is 13.0. The summed E-state index contributed by atoms with van der Waals surface area (Å²) in [4.78, 5) is 29.4. The van der Waals surface area contributed by atoms with Gasteiger partial charge in [0.2, 0.25) is 11.8 Å². The number of hydrogen-bond acceptors (Lipinski definition) is 4. The van der Waals surface area contributed by atoms with Crippen LogP contribution in [-0.4, -0.2) is 65.5 Å². The van der Waals surface area contributed by atoms with Gasteiger partial charge in [-0.3, -0.25) is 14.5 Å². The Hall–Kier alpha value is -1.92. The number of piperidine rings is 2. The fourth-order valence-electron chi connectivity index (χ4n) is 4.55. The number of amides is 2. The molecule has 1 aromatic rings. The summed E-state index contributed by atoms with van der Waals surface area (Å²) < 4.78 is 0. The Morgan fingerprint density at radius 1 is 1.30 bits per heavy atom. The van der Waals surface area contributed by atoms with Crippen molar-refractivity contribution in [1.29, 1.82) is 0 Å². The monoisotopic (exact) mass is 373 g/mol. The minimum Gasteiger partial charge on any atom is -0.391 e. The minimum atomic E-state index is -0.622. The SMILES string of the molecule is CCN(CC)C(=O)CN1CCC[C@]2(C[C@@H](O)[C@H](c3ccccc3)NC2=O)C1. The molecule has 2 amide bonds. The lowest BCUT2D eigenvalue weighted by Gasteiger charge is -2.47. The summed E-state index contributed by atoms with van der Waals surface area (Å²) in [6.07, 6.45) is 1.44. The average molecular weight is 373 g/mol. The number of carbonyl (C=O) groups excluding carboxylic acids is 2. The van der Waals surface area contributed by atoms with E-state index in [9.17, 15) is 14.7 Å². The number of rotatable bonds is 5. The van der Waals surface area contributed by atoms with Crippen LogP contribution in [0.3, 0.4) is 0 Å². The van der Waals surface area contributed by atoms with Crippen LogP contribution < -0.4 is 5.32 Å². The number of aliphatic hydroxyl groups is 1. The molecule has 6 heteroatoms. The molecule has 2 saturated heterocycles. The van der Waals surface area contributed by atoms with Gasteiger partial charge in [-0.1, -0.05) is 30.3 Å². The van der Waals surface area contributed by atoms with Gasteiger partial charge in [-0.05, 0) is 45.2 Å². The number of likely N-dealkylation sites (tertiary alicyclic amines) is 1. The molecule has 0 aromatic heterocycles. The Morgan fingerprint density at radius 3 is 2.67 bits per heavy atom. The second-order valence-electron chi connectivity index (χ2n) is 7.79. The normalized spacial score (nSPS) is 28.8. The Bertz CT molecular complexity index is 662. The predicted molar refractivity (Wildman–Crippen MR) is 104 cm³/mol. The number of hydrogen-bond donors (Lipinski definition) is 2. The van der Waals surface area contributed by atoms with Gasteiger partial charge in [-0.2, -0.15) is 0 Å². The Labute approximate surface area is 161 Å². The molecular weight excluding hydrogens is 342 g/mol. The van der Waals surface area contributed by atoms with Crippen molar-refractivity contribution in [3.63, 3.8) is 0 Å². The Balaban J connectivity index is 1.69. The van der Waals surface area contributed by atoms with E-state index in [1.54, 1.807) is 0 Å². The second-order valence-corrected chi connectivity index (χ2v) is 7.79. The van der Waals surface area contributed by atoms with Crippen LogP contribution in [0.1, 0.15) is 44.7 Å². The lowest BCUT2D eigenvalue weighted by Crippen LogP contribution is -2.60. The highest BCUT2D eigenvalue weighted by Crippen LogP contribution is 2.41. The van der Waals surface area contributed by atoms with E-state index in [-0.39, 0.29) is 17.9 Å². The third kappa shape index (κ3) is 4.17. The smallest absolute Gasteiger partial charge is 0.236 e. The van der Waals surface area contributed by atoms with E-state index in [0.717, 1.165) is 24.9 Å². The van der Waals surface area contributed by atoms with Gasteiger partial charge in [0.15, 0.2) is 0 Å². The highest BCUT2D eigenvalue weighted by Gasteiger charge is 2.49. The molecule has 0 saturated carbocycles. The lowest BCUT2D eigenvalue weighted by atomic mass is 9.70. The molecular formula is C21H31N3O3. The highest BCUT2D eigenvalue weighted by molar-refractivity contribution is 5.85. The van der Waals surface area contributed by atoms with Crippen LogP contribution >= 0.6 is 0 Å². The predicted octanol–water partition coefficient (Wildman–Crippen LogP) is 1.56. The van der Waals surface area contributed by atoms with Gasteiger partial charge in [0.25, 0.3) is 0 Å². The number of nitrogens with zero attached hydrogens (tertiary/aromatic N) is 2. The summed E-state index contributed by atoms with van der Waals surface area (Å²) in [5, 5.41) is 13.8. The highest BCUT2D eigenvalue weighted by atomic mass is 16.3. The fraction of sp³-hybridized carbons (Fsp3) is 0.619. The first kappa shape index (κ1) is 19.8. The Morgan fingerprint density at radius 2 is 2.00 bits per heavy atom. The molecule has 6 nitrogen and oxygen atoms in total. The number of benzene rings is 1. The van der Waals surface area contributed by atoms with E-state index in [1.165, 1.54) is 0 Å². The van der Waals surface area contributed by atoms with Crippen LogP contribution in [0.2, 0.25) is 0 Å². The van der Waals surface area contributed by atoms with Crippen molar-refractivity contribution >= 4 is 11.8 Å². The van der Waals surface area contributed by atoms with E-state index in [2.05, 4.69) is 10.2 Å². The van der Waals surface area contributed by atoms with Crippen molar-refractivity contribution in [2.45, 2.75) is 45.3 Å². The van der Waals surface area contributed by atoms with Gasteiger partial charge in [-0.25, -0.2) is 0 Å². The fourth-order valence-corrected chi connectivity index (χ4v) is 4.55. The molecule has 148 valence electrons. The molecule has 2 fully saturated rings. The third-order valence-corrected chi connectivity index (χ3v) is 6.04. The molecule has 0 unspecified atom stereocenters. The molecule has 1 spiro atoms. The van der Waals surface area contributed by atoms with E-state index in [1.807, 2.05) is 49.1 Å². The standard InChI is InChI=1S/C21H31N3O3/c1-3-24(4-2)18(26)14-23-12-8-11-21(15-23)13-17(25)19(22-20(21)27)16-9-6-5-7-10-16/h5-7,9-10,17,19,25H,3-4,8,11-15H2,1-2H3,(H,22,27)/t17-,19+,21+/m1/s1. The molecule has 0 radical (unpaired) electrons. The van der Waals surface area contributed by atoms with Gasteiger partial charge in [-0.15, -0.1) is 0 Å². The third-order valence-electron chi connectivity index (χ3n) is 6.04. The van der Waals surface area contributed by atoms with E-state index in [0.29, 0.717) is 32.6 Å². The van der Waals surface area contributed by atoms with Crippen LogP contribution in [0.15, 0.2) is 30.3 Å². The zero-order chi connectivity index (χ0) is 19.4. The maximum absolute atomic E-state index is 13.0. The molecule has 3 atom stereocenters. The van der Waals surface area contributed by atoms with Crippen molar-refractivity contribution in [3.05, 3.63) is 35.9 Å². The van der Waals surface area contributed by atoms with Crippen LogP contribution in [0.25, 0.3) is 0 Å². The van der Waals surface area contributed by atoms with Gasteiger partial charge in [0.05, 0.1) is 24.1 Å². The van der Waals surface area contributed by atoms with Gasteiger partial charge < -0.3 is 15.3 Å². The Kier molecular flexibility index (Phi) is 6.17. The van der Waals surface area contributed by atoms with Crippen molar-refractivity contribution < 1.29 is 14.7 Å². The second kappa shape index (κ2) is 8.40. The van der Waals surface area contributed by atoms with Crippen LogP contribution in [0.4, 0.5) is 0 Å². The van der Waals surface area contributed by atoms with Gasteiger partial charge in [0, 0.05) is 19.6 Å². The van der Waals surface area contributed by atoms with Gasteiger partial charge >= 0.3 is 0 Å². The maximum Gasteiger partial charge on any atom is 0.236 e. The molecule has 2 aliphatic heterocycles. The van der Waals surface area contributed by atoms with E-state index < -0.39 is 11.5 Å². The average Bonchev–Trinajstić information content (AvgIpc) is 2.66. The van der Waals surface area contributed by atoms with E-state index >= 15 is 0 Å². The quantitative estimate of drug-likeness (QED) is 0.822. The van der Waals surface area contributed by atoms with E-state index in [4.69, 9.17) is 0 Å². The van der Waals surface area contributed by atoms with Crippen molar-refractivity contribution in [2.24, 2.45) is 5.41 Å².